The molecule has 1 N–H and O–H groups in total. The Bertz CT molecular complexity index is 542. The maximum atomic E-state index is 12.1. The van der Waals surface area contributed by atoms with Crippen LogP contribution in [0.4, 0.5) is 0 Å². The standard InChI is InChI=1S/C17H24N2O3/c1-12(2)9-18-17(21)14-8-16(20)19(11-14)10-13-6-4-5-7-15(13)22-3/h4-7,12,14H,8-11H2,1-3H3,(H,18,21)/t14-/m1/s1. The Labute approximate surface area is 131 Å². The molecule has 22 heavy (non-hydrogen) atoms. The third-order valence-electron chi connectivity index (χ3n) is 3.82. The van der Waals surface area contributed by atoms with Crippen LogP contribution >= 0.6 is 0 Å². The van der Waals surface area contributed by atoms with E-state index in [0.29, 0.717) is 32.0 Å². The van der Waals surface area contributed by atoms with Crippen LogP contribution in [-0.4, -0.2) is 36.9 Å². The molecule has 1 aliphatic rings. The summed E-state index contributed by atoms with van der Waals surface area (Å²) in [5, 5.41) is 2.91. The molecule has 1 heterocycles. The fourth-order valence-corrected chi connectivity index (χ4v) is 2.59. The summed E-state index contributed by atoms with van der Waals surface area (Å²) in [6, 6.07) is 7.64. The van der Waals surface area contributed by atoms with Crippen LogP contribution in [0.25, 0.3) is 0 Å². The molecule has 1 fully saturated rings. The molecule has 0 spiro atoms. The summed E-state index contributed by atoms with van der Waals surface area (Å²) in [5.41, 5.74) is 0.960. The van der Waals surface area contributed by atoms with Crippen LogP contribution in [-0.2, 0) is 16.1 Å². The largest absolute Gasteiger partial charge is 0.496 e. The summed E-state index contributed by atoms with van der Waals surface area (Å²) in [6.07, 6.45) is 0.291. The lowest BCUT2D eigenvalue weighted by Crippen LogP contribution is -2.34. The van der Waals surface area contributed by atoms with Crippen molar-refractivity contribution >= 4 is 11.8 Å². The Morgan fingerprint density at radius 2 is 2.14 bits per heavy atom. The molecule has 0 radical (unpaired) electrons. The number of rotatable bonds is 6. The van der Waals surface area contributed by atoms with E-state index in [1.165, 1.54) is 0 Å². The lowest BCUT2D eigenvalue weighted by molar-refractivity contribution is -0.129. The molecular weight excluding hydrogens is 280 g/mol. The van der Waals surface area contributed by atoms with Gasteiger partial charge in [0.15, 0.2) is 0 Å². The number of benzene rings is 1. The molecule has 5 nitrogen and oxygen atoms in total. The normalized spacial score (nSPS) is 17.9. The van der Waals surface area contributed by atoms with Crippen molar-refractivity contribution in [3.05, 3.63) is 29.8 Å². The van der Waals surface area contributed by atoms with Crippen LogP contribution in [0, 0.1) is 11.8 Å². The van der Waals surface area contributed by atoms with Gasteiger partial charge in [0.2, 0.25) is 11.8 Å². The Morgan fingerprint density at radius 1 is 1.41 bits per heavy atom. The minimum Gasteiger partial charge on any atom is -0.496 e. The van der Waals surface area contributed by atoms with Gasteiger partial charge in [-0.2, -0.15) is 0 Å². The van der Waals surface area contributed by atoms with Crippen molar-refractivity contribution in [2.45, 2.75) is 26.8 Å². The second kappa shape index (κ2) is 7.29. The first-order valence-electron chi connectivity index (χ1n) is 7.68. The van der Waals surface area contributed by atoms with Crippen molar-refractivity contribution in [2.75, 3.05) is 20.2 Å². The predicted molar refractivity (Wildman–Crippen MR) is 84.4 cm³/mol. The van der Waals surface area contributed by atoms with E-state index in [2.05, 4.69) is 5.32 Å². The number of likely N-dealkylation sites (tertiary alicyclic amines) is 1. The van der Waals surface area contributed by atoms with Gasteiger partial charge < -0.3 is 15.0 Å². The Morgan fingerprint density at radius 3 is 2.82 bits per heavy atom. The van der Waals surface area contributed by atoms with Gasteiger partial charge in [0.05, 0.1) is 13.0 Å². The molecule has 1 saturated heterocycles. The fourth-order valence-electron chi connectivity index (χ4n) is 2.59. The minimum absolute atomic E-state index is 0.0235. The molecule has 1 aromatic rings. The number of hydrogen-bond acceptors (Lipinski definition) is 3. The predicted octanol–water partition coefficient (Wildman–Crippen LogP) is 1.82. The molecule has 0 bridgehead atoms. The number of carbonyl (C=O) groups is 2. The zero-order chi connectivity index (χ0) is 16.1. The van der Waals surface area contributed by atoms with Gasteiger partial charge in [-0.05, 0) is 12.0 Å². The van der Waals surface area contributed by atoms with Crippen molar-refractivity contribution in [1.29, 1.82) is 0 Å². The van der Waals surface area contributed by atoms with Crippen molar-refractivity contribution in [2.24, 2.45) is 11.8 Å². The number of nitrogens with one attached hydrogen (secondary N) is 1. The third-order valence-corrected chi connectivity index (χ3v) is 3.82. The number of nitrogens with zero attached hydrogens (tertiary/aromatic N) is 1. The molecular formula is C17H24N2O3. The van der Waals surface area contributed by atoms with Gasteiger partial charge in [0.1, 0.15) is 5.75 Å². The monoisotopic (exact) mass is 304 g/mol. The highest BCUT2D eigenvalue weighted by Crippen LogP contribution is 2.24. The highest BCUT2D eigenvalue weighted by molar-refractivity contribution is 5.89. The Kier molecular flexibility index (Phi) is 5.41. The topological polar surface area (TPSA) is 58.6 Å². The van der Waals surface area contributed by atoms with Crippen LogP contribution in [0.5, 0.6) is 5.75 Å². The highest BCUT2D eigenvalue weighted by Gasteiger charge is 2.34. The van der Waals surface area contributed by atoms with Crippen molar-refractivity contribution in [3.63, 3.8) is 0 Å². The van der Waals surface area contributed by atoms with Crippen LogP contribution < -0.4 is 10.1 Å². The molecule has 1 aromatic carbocycles. The molecule has 0 aliphatic carbocycles. The summed E-state index contributed by atoms with van der Waals surface area (Å²) in [6.45, 7) is 5.70. The molecule has 120 valence electrons. The smallest absolute Gasteiger partial charge is 0.225 e. The number of hydrogen-bond donors (Lipinski definition) is 1. The second-order valence-electron chi connectivity index (χ2n) is 6.13. The first-order valence-corrected chi connectivity index (χ1v) is 7.68. The fraction of sp³-hybridized carbons (Fsp3) is 0.529. The van der Waals surface area contributed by atoms with Gasteiger partial charge in [-0.25, -0.2) is 0 Å². The molecule has 2 rings (SSSR count). The number of methoxy groups -OCH3 is 1. The molecule has 2 amide bonds. The van der Waals surface area contributed by atoms with Crippen LogP contribution in [0.3, 0.4) is 0 Å². The molecule has 0 saturated carbocycles. The van der Waals surface area contributed by atoms with Crippen LogP contribution in [0.1, 0.15) is 25.8 Å². The summed E-state index contributed by atoms with van der Waals surface area (Å²) in [7, 11) is 1.62. The van der Waals surface area contributed by atoms with E-state index in [9.17, 15) is 9.59 Å². The van der Waals surface area contributed by atoms with E-state index in [4.69, 9.17) is 4.74 Å². The van der Waals surface area contributed by atoms with Gasteiger partial charge in [0.25, 0.3) is 0 Å². The third kappa shape index (κ3) is 4.00. The van der Waals surface area contributed by atoms with Gasteiger partial charge in [-0.3, -0.25) is 9.59 Å². The zero-order valence-corrected chi connectivity index (χ0v) is 13.5. The summed E-state index contributed by atoms with van der Waals surface area (Å²) in [5.74, 6) is 0.926. The van der Waals surface area contributed by atoms with E-state index in [-0.39, 0.29) is 17.7 Å². The van der Waals surface area contributed by atoms with Crippen molar-refractivity contribution < 1.29 is 14.3 Å². The summed E-state index contributed by atoms with van der Waals surface area (Å²) in [4.78, 5) is 26.0. The number of carbonyl (C=O) groups excluding carboxylic acids is 2. The molecule has 0 aromatic heterocycles. The highest BCUT2D eigenvalue weighted by atomic mass is 16.5. The lowest BCUT2D eigenvalue weighted by Gasteiger charge is -2.18. The van der Waals surface area contributed by atoms with E-state index >= 15 is 0 Å². The maximum absolute atomic E-state index is 12.1. The van der Waals surface area contributed by atoms with Gasteiger partial charge in [-0.1, -0.05) is 32.0 Å². The first-order chi connectivity index (χ1) is 10.5. The van der Waals surface area contributed by atoms with Gasteiger partial charge in [-0.15, -0.1) is 0 Å². The number of para-hydroxylation sites is 1. The summed E-state index contributed by atoms with van der Waals surface area (Å²) < 4.78 is 5.31. The van der Waals surface area contributed by atoms with Crippen molar-refractivity contribution in [3.8, 4) is 5.75 Å². The summed E-state index contributed by atoms with van der Waals surface area (Å²) >= 11 is 0. The lowest BCUT2D eigenvalue weighted by atomic mass is 10.1. The van der Waals surface area contributed by atoms with E-state index in [0.717, 1.165) is 11.3 Å². The van der Waals surface area contributed by atoms with Crippen LogP contribution in [0.2, 0.25) is 0 Å². The maximum Gasteiger partial charge on any atom is 0.225 e. The molecule has 0 unspecified atom stereocenters. The average Bonchev–Trinajstić information content (AvgIpc) is 2.86. The van der Waals surface area contributed by atoms with E-state index < -0.39 is 0 Å². The number of ether oxygens (including phenoxy) is 1. The average molecular weight is 304 g/mol. The Hall–Kier alpha value is -2.04. The van der Waals surface area contributed by atoms with Gasteiger partial charge in [0, 0.05) is 31.6 Å². The molecule has 1 atom stereocenters. The second-order valence-corrected chi connectivity index (χ2v) is 6.13. The zero-order valence-electron chi connectivity index (χ0n) is 13.5. The first kappa shape index (κ1) is 16.3. The van der Waals surface area contributed by atoms with Crippen LogP contribution in [0.15, 0.2) is 24.3 Å². The minimum atomic E-state index is -0.249. The SMILES string of the molecule is COc1ccccc1CN1C[C@H](C(=O)NCC(C)C)CC1=O. The Balaban J connectivity index is 1.96. The van der Waals surface area contributed by atoms with Gasteiger partial charge >= 0.3 is 0 Å². The van der Waals surface area contributed by atoms with Crippen molar-refractivity contribution in [1.82, 2.24) is 10.2 Å². The molecule has 5 heteroatoms. The molecule has 1 aliphatic heterocycles. The van der Waals surface area contributed by atoms with E-state index in [1.807, 2.05) is 38.1 Å². The van der Waals surface area contributed by atoms with E-state index in [1.54, 1.807) is 12.0 Å². The number of amides is 2. The quantitative estimate of drug-likeness (QED) is 0.872.